The molecule has 0 saturated carbocycles. The highest BCUT2D eigenvalue weighted by Gasteiger charge is 2.10. The summed E-state index contributed by atoms with van der Waals surface area (Å²) < 4.78 is 0. The number of rotatable bonds is 4. The van der Waals surface area contributed by atoms with Crippen molar-refractivity contribution in [1.82, 2.24) is 10.3 Å². The summed E-state index contributed by atoms with van der Waals surface area (Å²) in [5, 5.41) is 13.9. The Morgan fingerprint density at radius 3 is 2.84 bits per heavy atom. The van der Waals surface area contributed by atoms with E-state index in [-0.39, 0.29) is 16.8 Å². The van der Waals surface area contributed by atoms with Crippen LogP contribution in [0.5, 0.6) is 5.75 Å². The molecule has 0 bridgehead atoms. The van der Waals surface area contributed by atoms with Gasteiger partial charge in [0.15, 0.2) is 0 Å². The fourth-order valence-electron chi connectivity index (χ4n) is 1.77. The maximum Gasteiger partial charge on any atom is 0.138 e. The van der Waals surface area contributed by atoms with Crippen molar-refractivity contribution in [2.75, 3.05) is 0 Å². The minimum absolute atomic E-state index is 0.0666. The molecule has 1 aromatic carbocycles. The second-order valence-electron chi connectivity index (χ2n) is 4.28. The van der Waals surface area contributed by atoms with Gasteiger partial charge >= 0.3 is 0 Å². The Morgan fingerprint density at radius 2 is 2.16 bits per heavy atom. The number of aromatic nitrogens is 1. The maximum atomic E-state index is 9.86. The summed E-state index contributed by atoms with van der Waals surface area (Å²) >= 11 is 11.8. The number of halogens is 2. The molecule has 0 amide bonds. The first-order chi connectivity index (χ1) is 9.08. The number of hydrogen-bond acceptors (Lipinski definition) is 3. The highest BCUT2D eigenvalue weighted by atomic mass is 35.5. The van der Waals surface area contributed by atoms with Gasteiger partial charge in [0, 0.05) is 35.6 Å². The summed E-state index contributed by atoms with van der Waals surface area (Å²) in [6.45, 7) is 2.50. The first-order valence-electron chi connectivity index (χ1n) is 5.88. The van der Waals surface area contributed by atoms with Crippen LogP contribution in [0.4, 0.5) is 0 Å². The fraction of sp³-hybridized carbons (Fsp3) is 0.214. The molecule has 0 aliphatic heterocycles. The van der Waals surface area contributed by atoms with Gasteiger partial charge in [-0.1, -0.05) is 29.3 Å². The Hall–Kier alpha value is -1.29. The molecule has 1 aromatic heterocycles. The maximum absolute atomic E-state index is 9.86. The highest BCUT2D eigenvalue weighted by molar-refractivity contribution is 6.35. The van der Waals surface area contributed by atoms with Gasteiger partial charge in [0.25, 0.3) is 0 Å². The van der Waals surface area contributed by atoms with Gasteiger partial charge in [-0.25, -0.2) is 0 Å². The molecule has 1 atom stereocenters. The molecular formula is C14H14Cl2N2O. The van der Waals surface area contributed by atoms with E-state index < -0.39 is 0 Å². The molecule has 19 heavy (non-hydrogen) atoms. The summed E-state index contributed by atoms with van der Waals surface area (Å²) in [6.07, 6.45) is 3.54. The predicted molar refractivity (Wildman–Crippen MR) is 77.6 cm³/mol. The molecule has 3 nitrogen and oxygen atoms in total. The standard InChI is InChI=1S/C14H14Cl2N2O/c1-9(10-3-2-4-17-7-10)18-8-11-5-12(15)6-13(16)14(11)19/h2-7,9,18-19H,8H2,1H3. The van der Waals surface area contributed by atoms with Gasteiger partial charge in [0.05, 0.1) is 5.02 Å². The van der Waals surface area contributed by atoms with Gasteiger partial charge in [-0.2, -0.15) is 0 Å². The van der Waals surface area contributed by atoms with E-state index in [4.69, 9.17) is 23.2 Å². The van der Waals surface area contributed by atoms with E-state index in [0.29, 0.717) is 17.1 Å². The number of phenols is 1. The molecule has 0 radical (unpaired) electrons. The quantitative estimate of drug-likeness (QED) is 0.898. The molecule has 5 heteroatoms. The first kappa shape index (κ1) is 14.1. The molecule has 1 unspecified atom stereocenters. The monoisotopic (exact) mass is 296 g/mol. The van der Waals surface area contributed by atoms with Crippen LogP contribution in [0.25, 0.3) is 0 Å². The molecular weight excluding hydrogens is 283 g/mol. The number of pyridine rings is 1. The van der Waals surface area contributed by atoms with Crippen molar-refractivity contribution < 1.29 is 5.11 Å². The minimum Gasteiger partial charge on any atom is -0.506 e. The zero-order chi connectivity index (χ0) is 13.8. The first-order valence-corrected chi connectivity index (χ1v) is 6.63. The highest BCUT2D eigenvalue weighted by Crippen LogP contribution is 2.31. The number of aromatic hydroxyl groups is 1. The fourth-order valence-corrected chi connectivity index (χ4v) is 2.30. The Bertz CT molecular complexity index is 561. The second kappa shape index (κ2) is 6.24. The molecule has 2 aromatic rings. The van der Waals surface area contributed by atoms with Crippen LogP contribution >= 0.6 is 23.2 Å². The molecule has 2 rings (SSSR count). The summed E-state index contributed by atoms with van der Waals surface area (Å²) in [7, 11) is 0. The zero-order valence-electron chi connectivity index (χ0n) is 10.4. The van der Waals surface area contributed by atoms with E-state index in [1.54, 1.807) is 12.3 Å². The van der Waals surface area contributed by atoms with Crippen molar-refractivity contribution in [2.24, 2.45) is 0 Å². The molecule has 0 spiro atoms. The molecule has 100 valence electrons. The van der Waals surface area contributed by atoms with Crippen molar-refractivity contribution in [2.45, 2.75) is 19.5 Å². The summed E-state index contributed by atoms with van der Waals surface area (Å²) in [5.74, 6) is 0.0666. The van der Waals surface area contributed by atoms with Crippen LogP contribution in [0.3, 0.4) is 0 Å². The lowest BCUT2D eigenvalue weighted by Crippen LogP contribution is -2.18. The topological polar surface area (TPSA) is 45.1 Å². The van der Waals surface area contributed by atoms with Crippen molar-refractivity contribution in [3.05, 3.63) is 57.8 Å². The Kier molecular flexibility index (Phi) is 4.64. The molecule has 0 aliphatic rings. The Morgan fingerprint density at radius 1 is 1.37 bits per heavy atom. The number of nitrogens with one attached hydrogen (secondary N) is 1. The summed E-state index contributed by atoms with van der Waals surface area (Å²) in [6, 6.07) is 7.22. The average molecular weight is 297 g/mol. The zero-order valence-corrected chi connectivity index (χ0v) is 11.9. The van der Waals surface area contributed by atoms with Gasteiger partial charge in [0.2, 0.25) is 0 Å². The lowest BCUT2D eigenvalue weighted by atomic mass is 10.1. The smallest absolute Gasteiger partial charge is 0.138 e. The number of phenolic OH excluding ortho intramolecular Hbond substituents is 1. The van der Waals surface area contributed by atoms with Crippen LogP contribution in [0.1, 0.15) is 24.1 Å². The lowest BCUT2D eigenvalue weighted by Gasteiger charge is -2.15. The predicted octanol–water partition coefficient (Wildman–Crippen LogP) is 3.94. The van der Waals surface area contributed by atoms with Crippen LogP contribution in [0, 0.1) is 0 Å². The van der Waals surface area contributed by atoms with E-state index in [2.05, 4.69) is 10.3 Å². The van der Waals surface area contributed by atoms with Crippen LogP contribution in [-0.2, 0) is 6.54 Å². The molecule has 1 heterocycles. The summed E-state index contributed by atoms with van der Waals surface area (Å²) in [5.41, 5.74) is 1.75. The van der Waals surface area contributed by atoms with Gasteiger partial charge < -0.3 is 10.4 Å². The van der Waals surface area contributed by atoms with Gasteiger partial charge in [-0.05, 0) is 30.7 Å². The number of hydrogen-bond donors (Lipinski definition) is 2. The van der Waals surface area contributed by atoms with Crippen LogP contribution in [-0.4, -0.2) is 10.1 Å². The third-order valence-corrected chi connectivity index (χ3v) is 3.40. The van der Waals surface area contributed by atoms with E-state index in [9.17, 15) is 5.11 Å². The van der Waals surface area contributed by atoms with Crippen molar-refractivity contribution in [3.63, 3.8) is 0 Å². The van der Waals surface area contributed by atoms with E-state index in [0.717, 1.165) is 5.56 Å². The largest absolute Gasteiger partial charge is 0.506 e. The van der Waals surface area contributed by atoms with E-state index >= 15 is 0 Å². The van der Waals surface area contributed by atoms with Crippen LogP contribution < -0.4 is 5.32 Å². The molecule has 2 N–H and O–H groups in total. The third-order valence-electron chi connectivity index (χ3n) is 2.89. The SMILES string of the molecule is CC(NCc1cc(Cl)cc(Cl)c1O)c1cccnc1. The second-order valence-corrected chi connectivity index (χ2v) is 5.13. The minimum atomic E-state index is 0.0666. The third kappa shape index (κ3) is 3.60. The van der Waals surface area contributed by atoms with Crippen molar-refractivity contribution in [1.29, 1.82) is 0 Å². The summed E-state index contributed by atoms with van der Waals surface area (Å²) in [4.78, 5) is 4.07. The van der Waals surface area contributed by atoms with E-state index in [1.165, 1.54) is 6.07 Å². The number of nitrogens with zero attached hydrogens (tertiary/aromatic N) is 1. The number of benzene rings is 1. The molecule has 0 fully saturated rings. The van der Waals surface area contributed by atoms with Crippen LogP contribution in [0.15, 0.2) is 36.7 Å². The van der Waals surface area contributed by atoms with Crippen LogP contribution in [0.2, 0.25) is 10.0 Å². The molecule has 0 saturated heterocycles. The van der Waals surface area contributed by atoms with Gasteiger partial charge in [-0.3, -0.25) is 4.98 Å². The average Bonchev–Trinajstić information content (AvgIpc) is 2.41. The van der Waals surface area contributed by atoms with Crippen molar-refractivity contribution >= 4 is 23.2 Å². The lowest BCUT2D eigenvalue weighted by molar-refractivity contribution is 0.460. The van der Waals surface area contributed by atoms with E-state index in [1.807, 2.05) is 25.3 Å². The van der Waals surface area contributed by atoms with Gasteiger partial charge in [-0.15, -0.1) is 0 Å². The Balaban J connectivity index is 2.07. The molecule has 0 aliphatic carbocycles. The normalized spacial score (nSPS) is 12.4. The van der Waals surface area contributed by atoms with Crippen molar-refractivity contribution in [3.8, 4) is 5.75 Å². The van der Waals surface area contributed by atoms with Gasteiger partial charge in [0.1, 0.15) is 5.75 Å². The Labute approximate surface area is 122 Å².